The van der Waals surface area contributed by atoms with E-state index in [1.807, 2.05) is 65.3 Å². The van der Waals surface area contributed by atoms with Gasteiger partial charge in [-0.05, 0) is 55.0 Å². The van der Waals surface area contributed by atoms with Crippen LogP contribution in [-0.2, 0) is 14.3 Å². The van der Waals surface area contributed by atoms with Crippen molar-refractivity contribution in [1.29, 1.82) is 0 Å². The van der Waals surface area contributed by atoms with E-state index in [0.29, 0.717) is 48.9 Å². The van der Waals surface area contributed by atoms with Crippen LogP contribution in [0.2, 0.25) is 0 Å². The number of hydrogen-bond donors (Lipinski definition) is 1. The average Bonchev–Trinajstić information content (AvgIpc) is 3.02. The fraction of sp³-hybridized carbons (Fsp3) is 0.344. The molecule has 10 heteroatoms. The lowest BCUT2D eigenvalue weighted by molar-refractivity contribution is -0.139. The summed E-state index contributed by atoms with van der Waals surface area (Å²) in [5.74, 6) is 0.333. The minimum atomic E-state index is -0.588. The van der Waals surface area contributed by atoms with Crippen molar-refractivity contribution in [2.75, 3.05) is 80.9 Å². The van der Waals surface area contributed by atoms with Crippen LogP contribution in [0.3, 0.4) is 0 Å². The number of methoxy groups -OCH3 is 1. The third-order valence-corrected chi connectivity index (χ3v) is 7.01. The fourth-order valence-electron chi connectivity index (χ4n) is 4.83. The molecule has 3 aromatic carbocycles. The maximum atomic E-state index is 12.5. The number of ether oxygens (including phenoxy) is 3. The number of carbonyl (C=O) groups is 3. The molecule has 0 unspecified atom stereocenters. The molecule has 0 fully saturated rings. The molecule has 0 saturated heterocycles. The summed E-state index contributed by atoms with van der Waals surface area (Å²) in [5.41, 5.74) is 3.80. The van der Waals surface area contributed by atoms with Gasteiger partial charge in [0.1, 0.15) is 44.2 Å². The van der Waals surface area contributed by atoms with Gasteiger partial charge in [-0.2, -0.15) is 0 Å². The molecule has 0 aliphatic carbocycles. The number of Topliss-reactive ketones (excluding diaryl/α,β-unsaturated/α-hetero) is 1. The number of ketones is 1. The Bertz CT molecular complexity index is 1370. The number of hydrogen-bond acceptors (Lipinski definition) is 10. The number of aryl methyl sites for hydroxylation is 1. The quantitative estimate of drug-likeness (QED) is 0.333. The summed E-state index contributed by atoms with van der Waals surface area (Å²) >= 11 is 0. The van der Waals surface area contributed by atoms with E-state index in [4.69, 9.17) is 14.2 Å². The van der Waals surface area contributed by atoms with Crippen molar-refractivity contribution in [3.8, 4) is 11.5 Å². The summed E-state index contributed by atoms with van der Waals surface area (Å²) in [6.07, 6.45) is 0.741. The van der Waals surface area contributed by atoms with Crippen molar-refractivity contribution in [1.82, 2.24) is 0 Å². The van der Waals surface area contributed by atoms with Crippen LogP contribution in [0.5, 0.6) is 11.5 Å². The van der Waals surface area contributed by atoms with Crippen molar-refractivity contribution in [3.63, 3.8) is 0 Å². The number of benzene rings is 3. The Morgan fingerprint density at radius 2 is 1.48 bits per heavy atom. The average molecular weight is 576 g/mol. The molecular formula is C32H37N3O7. The van der Waals surface area contributed by atoms with E-state index in [2.05, 4.69) is 4.90 Å². The van der Waals surface area contributed by atoms with Gasteiger partial charge in [-0.25, -0.2) is 0 Å². The lowest BCUT2D eigenvalue weighted by Gasteiger charge is -2.33. The van der Waals surface area contributed by atoms with E-state index >= 15 is 0 Å². The molecule has 0 atom stereocenters. The summed E-state index contributed by atoms with van der Waals surface area (Å²) in [4.78, 5) is 42.4. The number of nitrogens with zero attached hydrogens (tertiary/aromatic N) is 3. The standard InChI is InChI=1S/C32H37N3O7/c1-24-8-10-28-30(18-24)41-16-17-42-31-19-25(22-36)9-11-29(31)34(20-27(38)23-37)14-12-33(26-6-4-3-5-7-26)13-15-35(28)21-32(39)40-2/h3-11,18-19,22,37H,12-17,20-21,23H2,1-2H3. The van der Waals surface area contributed by atoms with Crippen LogP contribution in [0, 0.1) is 6.92 Å². The molecule has 222 valence electrons. The van der Waals surface area contributed by atoms with Gasteiger partial charge in [0.15, 0.2) is 5.78 Å². The van der Waals surface area contributed by atoms with Crippen molar-refractivity contribution in [3.05, 3.63) is 77.9 Å². The lowest BCUT2D eigenvalue weighted by Crippen LogP contribution is -2.43. The highest BCUT2D eigenvalue weighted by Gasteiger charge is 2.22. The van der Waals surface area contributed by atoms with Gasteiger partial charge >= 0.3 is 5.97 Å². The van der Waals surface area contributed by atoms with Crippen molar-refractivity contribution >= 4 is 35.1 Å². The predicted octanol–water partition coefficient (Wildman–Crippen LogP) is 3.13. The number of aliphatic hydroxyl groups excluding tert-OH is 1. The van der Waals surface area contributed by atoms with E-state index in [1.54, 1.807) is 18.2 Å². The lowest BCUT2D eigenvalue weighted by atomic mass is 10.1. The van der Waals surface area contributed by atoms with Crippen molar-refractivity contribution in [2.45, 2.75) is 6.92 Å². The number of para-hydroxylation sites is 1. The molecule has 1 aliphatic heterocycles. The van der Waals surface area contributed by atoms with Crippen LogP contribution >= 0.6 is 0 Å². The second-order valence-electron chi connectivity index (χ2n) is 9.95. The Balaban J connectivity index is 1.76. The van der Waals surface area contributed by atoms with E-state index in [1.165, 1.54) is 7.11 Å². The molecule has 0 amide bonds. The molecule has 3 aromatic rings. The molecular weight excluding hydrogens is 538 g/mol. The summed E-state index contributed by atoms with van der Waals surface area (Å²) in [7, 11) is 1.37. The van der Waals surface area contributed by atoms with Crippen LogP contribution in [0.4, 0.5) is 17.1 Å². The molecule has 42 heavy (non-hydrogen) atoms. The topological polar surface area (TPSA) is 109 Å². The summed E-state index contributed by atoms with van der Waals surface area (Å²) in [6.45, 7) is 3.70. The monoisotopic (exact) mass is 575 g/mol. The van der Waals surface area contributed by atoms with E-state index in [0.717, 1.165) is 23.2 Å². The number of fused-ring (bicyclic) bond motifs is 2. The van der Waals surface area contributed by atoms with Crippen LogP contribution in [0.1, 0.15) is 15.9 Å². The van der Waals surface area contributed by atoms with Gasteiger partial charge in [-0.15, -0.1) is 0 Å². The molecule has 0 aromatic heterocycles. The SMILES string of the molecule is COC(=O)CN1CCN(c2ccccc2)CCN(CC(=O)CO)c2ccc(C=O)cc2OCCOc2cc(C)ccc21. The molecule has 1 N–H and O–H groups in total. The molecule has 0 saturated carbocycles. The molecule has 0 radical (unpaired) electrons. The summed E-state index contributed by atoms with van der Waals surface area (Å²) < 4.78 is 17.3. The number of rotatable bonds is 7. The third kappa shape index (κ3) is 8.01. The highest BCUT2D eigenvalue weighted by atomic mass is 16.5. The summed E-state index contributed by atoms with van der Waals surface area (Å²) in [5, 5.41) is 9.54. The first-order valence-corrected chi connectivity index (χ1v) is 13.9. The molecule has 4 rings (SSSR count). The van der Waals surface area contributed by atoms with Gasteiger partial charge in [0.05, 0.1) is 25.0 Å². The maximum Gasteiger partial charge on any atom is 0.325 e. The fourth-order valence-corrected chi connectivity index (χ4v) is 4.83. The zero-order valence-electron chi connectivity index (χ0n) is 24.0. The second-order valence-corrected chi connectivity index (χ2v) is 9.95. The largest absolute Gasteiger partial charge is 0.488 e. The Labute approximate surface area is 246 Å². The first-order chi connectivity index (χ1) is 20.4. The van der Waals surface area contributed by atoms with Crippen LogP contribution in [-0.4, -0.2) is 89.3 Å². The number of anilines is 3. The number of esters is 1. The van der Waals surface area contributed by atoms with E-state index in [-0.39, 0.29) is 38.1 Å². The van der Waals surface area contributed by atoms with Gasteiger partial charge in [0.25, 0.3) is 0 Å². The molecule has 10 nitrogen and oxygen atoms in total. The predicted molar refractivity (Wildman–Crippen MR) is 161 cm³/mol. The van der Waals surface area contributed by atoms with Crippen LogP contribution in [0.15, 0.2) is 66.7 Å². The Hall–Kier alpha value is -4.57. The zero-order chi connectivity index (χ0) is 29.9. The first kappa shape index (κ1) is 30.4. The third-order valence-electron chi connectivity index (χ3n) is 7.01. The maximum absolute atomic E-state index is 12.5. The summed E-state index contributed by atoms with van der Waals surface area (Å²) in [6, 6.07) is 20.8. The van der Waals surface area contributed by atoms with Crippen molar-refractivity contribution in [2.24, 2.45) is 0 Å². The number of carbonyl (C=O) groups excluding carboxylic acids is 3. The molecule has 1 heterocycles. The minimum absolute atomic E-state index is 0.0338. The van der Waals surface area contributed by atoms with E-state index in [9.17, 15) is 19.5 Å². The van der Waals surface area contributed by atoms with Gasteiger partial charge in [-0.1, -0.05) is 24.3 Å². The Morgan fingerprint density at radius 1 is 0.857 bits per heavy atom. The number of aldehydes is 1. The van der Waals surface area contributed by atoms with Crippen molar-refractivity contribution < 1.29 is 33.7 Å². The van der Waals surface area contributed by atoms with Crippen LogP contribution < -0.4 is 24.2 Å². The minimum Gasteiger partial charge on any atom is -0.488 e. The molecule has 1 aliphatic rings. The smallest absolute Gasteiger partial charge is 0.325 e. The highest BCUT2D eigenvalue weighted by Crippen LogP contribution is 2.32. The van der Waals surface area contributed by atoms with E-state index < -0.39 is 6.61 Å². The van der Waals surface area contributed by atoms with Gasteiger partial charge in [0.2, 0.25) is 0 Å². The van der Waals surface area contributed by atoms with Gasteiger partial charge in [-0.3, -0.25) is 14.4 Å². The molecule has 0 spiro atoms. The van der Waals surface area contributed by atoms with Crippen LogP contribution in [0.25, 0.3) is 0 Å². The second kappa shape index (κ2) is 14.9. The highest BCUT2D eigenvalue weighted by molar-refractivity contribution is 5.86. The molecule has 0 bridgehead atoms. The van der Waals surface area contributed by atoms with Gasteiger partial charge < -0.3 is 34.0 Å². The normalized spacial score (nSPS) is 14.3. The first-order valence-electron chi connectivity index (χ1n) is 13.9. The number of aliphatic hydroxyl groups is 1. The Kier molecular flexibility index (Phi) is 10.8. The Morgan fingerprint density at radius 3 is 2.10 bits per heavy atom. The zero-order valence-corrected chi connectivity index (χ0v) is 24.0. The van der Waals surface area contributed by atoms with Gasteiger partial charge in [0, 0.05) is 37.4 Å².